The number of thiophene rings is 1. The van der Waals surface area contributed by atoms with Gasteiger partial charge in [-0.15, -0.1) is 21.5 Å². The first-order chi connectivity index (χ1) is 7.69. The average Bonchev–Trinajstić information content (AvgIpc) is 2.87. The number of aromatic nitrogens is 2. The Morgan fingerprint density at radius 1 is 1.31 bits per heavy atom. The van der Waals surface area contributed by atoms with E-state index >= 15 is 0 Å². The highest BCUT2D eigenvalue weighted by Crippen LogP contribution is 2.36. The average molecular weight is 271 g/mol. The number of rotatable bonds is 4. The van der Waals surface area contributed by atoms with Gasteiger partial charge in [-0.2, -0.15) is 0 Å². The number of anilines is 1. The molecule has 0 radical (unpaired) electrons. The molecule has 0 aliphatic rings. The summed E-state index contributed by atoms with van der Waals surface area (Å²) in [5.41, 5.74) is 0. The van der Waals surface area contributed by atoms with Crippen LogP contribution in [0.4, 0.5) is 5.13 Å². The summed E-state index contributed by atoms with van der Waals surface area (Å²) in [6.45, 7) is 0. The van der Waals surface area contributed by atoms with Crippen LogP contribution in [0.15, 0.2) is 20.7 Å². The molecule has 2 aromatic rings. The summed E-state index contributed by atoms with van der Waals surface area (Å²) in [4.78, 5) is 13.2. The van der Waals surface area contributed by atoms with Crippen molar-refractivity contribution in [3.63, 3.8) is 0 Å². The Bertz CT molecular complexity index is 492. The van der Waals surface area contributed by atoms with Crippen LogP contribution in [-0.4, -0.2) is 30.6 Å². The molecule has 84 valence electrons. The van der Waals surface area contributed by atoms with Crippen LogP contribution in [0, 0.1) is 0 Å². The van der Waals surface area contributed by atoms with Crippen LogP contribution in [0.1, 0.15) is 9.67 Å². The molecule has 0 aliphatic heterocycles. The molecular weight excluding hydrogens is 262 g/mol. The van der Waals surface area contributed by atoms with Crippen molar-refractivity contribution < 1.29 is 4.79 Å². The summed E-state index contributed by atoms with van der Waals surface area (Å²) in [6, 6.07) is 3.74. The quantitative estimate of drug-likeness (QED) is 0.800. The van der Waals surface area contributed by atoms with Crippen LogP contribution >= 0.6 is 34.4 Å². The maximum Gasteiger partial charge on any atom is 0.208 e. The van der Waals surface area contributed by atoms with E-state index in [1.165, 1.54) is 34.4 Å². The smallest absolute Gasteiger partial charge is 0.208 e. The van der Waals surface area contributed by atoms with Crippen molar-refractivity contribution in [1.82, 2.24) is 10.2 Å². The lowest BCUT2D eigenvalue weighted by atomic mass is 10.5. The minimum atomic E-state index is 0.736. The van der Waals surface area contributed by atoms with Gasteiger partial charge in [0.05, 0.1) is 9.09 Å². The molecule has 0 saturated carbocycles. The molecule has 0 N–H and O–H groups in total. The first kappa shape index (κ1) is 11.6. The van der Waals surface area contributed by atoms with E-state index in [4.69, 9.17) is 0 Å². The summed E-state index contributed by atoms with van der Waals surface area (Å²) in [5, 5.41) is 9.01. The van der Waals surface area contributed by atoms with Crippen molar-refractivity contribution in [3.05, 3.63) is 17.0 Å². The van der Waals surface area contributed by atoms with Gasteiger partial charge in [0.1, 0.15) is 0 Å². The molecule has 0 saturated heterocycles. The molecular formula is C9H9N3OS3. The number of hydrogen-bond acceptors (Lipinski definition) is 7. The third kappa shape index (κ3) is 2.60. The highest BCUT2D eigenvalue weighted by molar-refractivity contribution is 8.02. The van der Waals surface area contributed by atoms with Crippen LogP contribution in [0.2, 0.25) is 0 Å². The lowest BCUT2D eigenvalue weighted by Crippen LogP contribution is -2.07. The van der Waals surface area contributed by atoms with E-state index < -0.39 is 0 Å². The van der Waals surface area contributed by atoms with Crippen molar-refractivity contribution in [2.75, 3.05) is 19.0 Å². The van der Waals surface area contributed by atoms with Crippen LogP contribution < -0.4 is 4.90 Å². The van der Waals surface area contributed by atoms with Crippen LogP contribution in [-0.2, 0) is 0 Å². The maximum absolute atomic E-state index is 10.5. The first-order valence-corrected chi connectivity index (χ1v) is 6.87. The van der Waals surface area contributed by atoms with Gasteiger partial charge in [0.2, 0.25) is 5.13 Å². The fraction of sp³-hybridized carbons (Fsp3) is 0.222. The minimum absolute atomic E-state index is 0.736. The molecule has 16 heavy (non-hydrogen) atoms. The normalized spacial score (nSPS) is 10.4. The van der Waals surface area contributed by atoms with E-state index in [0.717, 1.165) is 24.8 Å². The van der Waals surface area contributed by atoms with Crippen molar-refractivity contribution in [1.29, 1.82) is 0 Å². The van der Waals surface area contributed by atoms with Crippen molar-refractivity contribution in [2.24, 2.45) is 0 Å². The molecule has 2 heterocycles. The highest BCUT2D eigenvalue weighted by Gasteiger charge is 2.08. The standard InChI is InChI=1S/C9H9N3OS3/c1-12(2)8-10-11-9(16-8)15-7-4-3-6(5-13)14-7/h3-5H,1-2H3. The molecule has 7 heteroatoms. The largest absolute Gasteiger partial charge is 0.353 e. The van der Waals surface area contributed by atoms with Gasteiger partial charge in [0, 0.05) is 14.1 Å². The van der Waals surface area contributed by atoms with E-state index in [1.54, 1.807) is 0 Å². The second-order valence-electron chi connectivity index (χ2n) is 3.12. The molecule has 2 rings (SSSR count). The van der Waals surface area contributed by atoms with Gasteiger partial charge in [-0.1, -0.05) is 11.3 Å². The van der Waals surface area contributed by atoms with Gasteiger partial charge in [-0.05, 0) is 23.9 Å². The van der Waals surface area contributed by atoms with Crippen LogP contribution in [0.5, 0.6) is 0 Å². The second kappa shape index (κ2) is 4.94. The summed E-state index contributed by atoms with van der Waals surface area (Å²) < 4.78 is 1.95. The second-order valence-corrected chi connectivity index (χ2v) is 6.74. The Kier molecular flexibility index (Phi) is 3.57. The Labute approximate surface area is 105 Å². The first-order valence-electron chi connectivity index (χ1n) is 4.43. The van der Waals surface area contributed by atoms with E-state index in [-0.39, 0.29) is 0 Å². The zero-order valence-electron chi connectivity index (χ0n) is 8.71. The Hall–Kier alpha value is -0.920. The maximum atomic E-state index is 10.5. The van der Waals surface area contributed by atoms with Gasteiger partial charge >= 0.3 is 0 Å². The van der Waals surface area contributed by atoms with Crippen molar-refractivity contribution >= 4 is 45.9 Å². The zero-order valence-corrected chi connectivity index (χ0v) is 11.2. The number of carbonyl (C=O) groups excluding carboxylic acids is 1. The van der Waals surface area contributed by atoms with Gasteiger partial charge in [-0.25, -0.2) is 0 Å². The van der Waals surface area contributed by atoms with Gasteiger partial charge in [0.15, 0.2) is 10.6 Å². The summed E-state index contributed by atoms with van der Waals surface area (Å²) >= 11 is 4.54. The predicted molar refractivity (Wildman–Crippen MR) is 68.1 cm³/mol. The molecule has 0 bridgehead atoms. The molecule has 0 aliphatic carbocycles. The van der Waals surface area contributed by atoms with E-state index in [1.807, 2.05) is 31.1 Å². The topological polar surface area (TPSA) is 46.1 Å². The third-order valence-corrected chi connectivity index (χ3v) is 4.97. The highest BCUT2D eigenvalue weighted by atomic mass is 32.2. The van der Waals surface area contributed by atoms with E-state index in [2.05, 4.69) is 10.2 Å². The SMILES string of the molecule is CN(C)c1nnc(Sc2ccc(C=O)s2)s1. The fourth-order valence-corrected chi connectivity index (χ4v) is 3.92. The Balaban J connectivity index is 2.11. The number of aldehydes is 1. The number of hydrogen-bond donors (Lipinski definition) is 0. The minimum Gasteiger partial charge on any atom is -0.353 e. The summed E-state index contributed by atoms with van der Waals surface area (Å²) in [5.74, 6) is 0. The Morgan fingerprint density at radius 3 is 2.69 bits per heavy atom. The van der Waals surface area contributed by atoms with E-state index in [9.17, 15) is 4.79 Å². The molecule has 4 nitrogen and oxygen atoms in total. The van der Waals surface area contributed by atoms with Gasteiger partial charge in [0.25, 0.3) is 0 Å². The number of carbonyl (C=O) groups is 1. The summed E-state index contributed by atoms with van der Waals surface area (Å²) in [7, 11) is 3.87. The fourth-order valence-electron chi connectivity index (χ4n) is 0.963. The van der Waals surface area contributed by atoms with Gasteiger partial charge < -0.3 is 4.90 Å². The molecule has 0 unspecified atom stereocenters. The van der Waals surface area contributed by atoms with Crippen LogP contribution in [0.25, 0.3) is 0 Å². The molecule has 2 aromatic heterocycles. The van der Waals surface area contributed by atoms with Crippen LogP contribution in [0.3, 0.4) is 0 Å². The Morgan fingerprint density at radius 2 is 2.12 bits per heavy atom. The summed E-state index contributed by atoms with van der Waals surface area (Å²) in [6.07, 6.45) is 0.861. The van der Waals surface area contributed by atoms with Gasteiger partial charge in [-0.3, -0.25) is 4.79 Å². The molecule has 0 aromatic carbocycles. The number of nitrogens with zero attached hydrogens (tertiary/aromatic N) is 3. The third-order valence-electron chi connectivity index (χ3n) is 1.68. The lowest BCUT2D eigenvalue weighted by molar-refractivity contribution is 0.112. The van der Waals surface area contributed by atoms with E-state index in [0.29, 0.717) is 0 Å². The lowest BCUT2D eigenvalue weighted by Gasteiger charge is -2.03. The molecule has 0 fully saturated rings. The molecule has 0 amide bonds. The zero-order chi connectivity index (χ0) is 11.5. The van der Waals surface area contributed by atoms with Crippen molar-refractivity contribution in [2.45, 2.75) is 8.55 Å². The van der Waals surface area contributed by atoms with Crippen molar-refractivity contribution in [3.8, 4) is 0 Å². The molecule has 0 spiro atoms. The predicted octanol–water partition coefficient (Wildman–Crippen LogP) is 2.63. The monoisotopic (exact) mass is 271 g/mol. The molecule has 0 atom stereocenters.